The maximum Gasteiger partial charge on any atom is 0 e. The van der Waals surface area contributed by atoms with E-state index in [-0.39, 0.29) is 0 Å². The first-order chi connectivity index (χ1) is 6.45. The molecule has 0 aromatic heterocycles. The summed E-state index contributed by atoms with van der Waals surface area (Å²) in [7, 11) is 0.777. The van der Waals surface area contributed by atoms with Crippen molar-refractivity contribution >= 4 is 19.2 Å². The van der Waals surface area contributed by atoms with Gasteiger partial charge in [0, 0.05) is 0 Å². The van der Waals surface area contributed by atoms with Gasteiger partial charge in [0.15, 0.2) is 0 Å². The first-order valence-corrected chi connectivity index (χ1v) is 5.32. The molecule has 0 fully saturated rings. The number of rotatable bonds is 2. The second kappa shape index (κ2) is 4.79. The molecule has 0 bridgehead atoms. The molecule has 0 N–H and O–H groups in total. The van der Waals surface area contributed by atoms with E-state index in [1.807, 2.05) is 0 Å². The Morgan fingerprint density at radius 3 is 1.29 bits per heavy atom. The number of benzene rings is 2. The fourth-order valence-electron chi connectivity index (χ4n) is 1.21. The zero-order valence-electron chi connectivity index (χ0n) is 7.58. The van der Waals surface area contributed by atoms with Gasteiger partial charge in [-0.3, -0.25) is 0 Å². The van der Waals surface area contributed by atoms with Crippen molar-refractivity contribution in [2.24, 2.45) is 0 Å². The van der Waals surface area contributed by atoms with Crippen LogP contribution in [0.3, 0.4) is 0 Å². The van der Waals surface area contributed by atoms with Gasteiger partial charge in [0.1, 0.15) is 0 Å². The van der Waals surface area contributed by atoms with Crippen LogP contribution in [-0.2, 0) is 0 Å². The molecule has 0 aliphatic heterocycles. The fraction of sp³-hybridized carbons (Fsp3) is 0. The van der Waals surface area contributed by atoms with Crippen molar-refractivity contribution in [3.8, 4) is 0 Å². The van der Waals surface area contributed by atoms with Gasteiger partial charge in [-0.2, -0.15) is 0 Å². The predicted octanol–water partition coefficient (Wildman–Crippen LogP) is 2.32. The predicted molar refractivity (Wildman–Crippen MR) is 60.5 cm³/mol. The van der Waals surface area contributed by atoms with Crippen molar-refractivity contribution in [1.82, 2.24) is 0 Å². The zero-order valence-corrected chi connectivity index (χ0v) is 11.1. The molecule has 0 aliphatic rings. The van der Waals surface area contributed by atoms with Crippen molar-refractivity contribution < 1.29 is 0 Å². The van der Waals surface area contributed by atoms with Crippen LogP contribution in [0, 0.1) is 0 Å². The van der Waals surface area contributed by atoms with Crippen LogP contribution in [0.25, 0.3) is 0 Å². The zero-order chi connectivity index (χ0) is 8.93. The average molecular weight is 438 g/mol. The summed E-state index contributed by atoms with van der Waals surface area (Å²) in [4.78, 5) is 0. The van der Waals surface area contributed by atoms with Crippen LogP contribution in [0.2, 0.25) is 0 Å². The summed E-state index contributed by atoms with van der Waals surface area (Å²) in [6.07, 6.45) is 0. The third kappa shape index (κ3) is 2.43. The van der Waals surface area contributed by atoms with Crippen LogP contribution in [0.15, 0.2) is 60.7 Å². The van der Waals surface area contributed by atoms with E-state index in [4.69, 9.17) is 0 Å². The second-order valence-corrected chi connectivity index (χ2v) is 4.26. The van der Waals surface area contributed by atoms with E-state index < -0.39 is 0 Å². The molecule has 0 nitrogen and oxygen atoms in total. The molecule has 1 radical (unpaired) electrons. The normalized spacial score (nSPS) is 9.14. The second-order valence-electron chi connectivity index (χ2n) is 2.86. The topological polar surface area (TPSA) is 0 Å². The average Bonchev–Trinajstić information content (AvgIpc) is 2.21. The minimum absolute atomic E-state index is 0. The van der Waals surface area contributed by atoms with Crippen LogP contribution in [0.5, 0.6) is 0 Å². The quantitative estimate of drug-likeness (QED) is 0.632. The Kier molecular flexibility index (Phi) is 3.41. The molecule has 14 heavy (non-hydrogen) atoms. The molecule has 0 amide bonds. The summed E-state index contributed by atoms with van der Waals surface area (Å²) >= 11 is 0. The van der Waals surface area contributed by atoms with Crippen LogP contribution in [-0.4, -0.2) is 0 Å². The molecule has 0 spiro atoms. The fourth-order valence-corrected chi connectivity index (χ4v) is 2.26. The third-order valence-electron chi connectivity index (χ3n) is 1.84. The van der Waals surface area contributed by atoms with Crippen LogP contribution in [0.4, 0.5) is 0 Å². The summed E-state index contributed by atoms with van der Waals surface area (Å²) in [6.45, 7) is 0. The van der Waals surface area contributed by atoms with Crippen molar-refractivity contribution in [2.45, 2.75) is 0 Å². The van der Waals surface area contributed by atoms with Crippen molar-refractivity contribution in [3.63, 3.8) is 0 Å². The maximum absolute atomic E-state index is 2.17. The Morgan fingerprint density at radius 2 is 0.929 bits per heavy atom. The molecule has 0 heterocycles. The summed E-state index contributed by atoms with van der Waals surface area (Å²) in [5, 5.41) is 2.79. The Balaban J connectivity index is 0.000000980. The molecular weight excluding hydrogens is 427 g/mol. The van der Waals surface area contributed by atoms with E-state index in [9.17, 15) is 0 Å². The van der Waals surface area contributed by atoms with Gasteiger partial charge in [0.25, 0.3) is 0 Å². The van der Waals surface area contributed by atoms with Crippen LogP contribution >= 0.6 is 8.58 Å². The van der Waals surface area contributed by atoms with Gasteiger partial charge in [0.2, 0.25) is 0 Å². The first kappa shape index (κ1) is 9.95. The number of hydrogen-bond acceptors (Lipinski definition) is 0. The SMILES string of the molecule is [Es].c1ccc(Pc2ccccc2)cc1. The Morgan fingerprint density at radius 1 is 0.571 bits per heavy atom. The van der Waals surface area contributed by atoms with Gasteiger partial charge in [-0.25, -0.2) is 0 Å². The van der Waals surface area contributed by atoms with E-state index >= 15 is 0 Å². The Labute approximate surface area is 80.4 Å². The first-order valence-electron chi connectivity index (χ1n) is 4.32. The number of hydrogen-bond donors (Lipinski definition) is 0. The van der Waals surface area contributed by atoms with Gasteiger partial charge < -0.3 is 0 Å². The Hall–Kier alpha value is -2.13. The van der Waals surface area contributed by atoms with E-state index in [0.29, 0.717) is 0 Å². The molecule has 2 heteroatoms. The van der Waals surface area contributed by atoms with Crippen molar-refractivity contribution in [3.05, 3.63) is 60.7 Å². The van der Waals surface area contributed by atoms with Gasteiger partial charge in [0.05, 0.1) is 0 Å². The molecule has 2 aromatic rings. The van der Waals surface area contributed by atoms with E-state index in [1.54, 1.807) is 0 Å². The summed E-state index contributed by atoms with van der Waals surface area (Å²) in [5.41, 5.74) is 0. The molecule has 75 valence electrons. The maximum atomic E-state index is 2.17. The Bertz CT molecular complexity index is 321. The van der Waals surface area contributed by atoms with Gasteiger partial charge in [-0.1, -0.05) is 69.2 Å². The molecule has 0 unspecified atom stereocenters. The summed E-state index contributed by atoms with van der Waals surface area (Å²) < 4.78 is 0. The van der Waals surface area contributed by atoms with E-state index in [0.717, 1.165) is 8.58 Å². The van der Waals surface area contributed by atoms with Gasteiger partial charge in [-0.05, 0) is 10.6 Å². The van der Waals surface area contributed by atoms with Gasteiger partial charge >= 0.3 is 0 Å². The molecule has 0 aliphatic carbocycles. The minimum atomic E-state index is 0. The van der Waals surface area contributed by atoms with E-state index in [2.05, 4.69) is 60.7 Å². The molecule has 0 saturated carbocycles. The molecular formula is C12H11EsP. The largest absolute Gasteiger partial charge is 0.0622 e. The summed E-state index contributed by atoms with van der Waals surface area (Å²) in [6, 6.07) is 21.2. The standard InChI is InChI=1S/C12H11P.Es/c1-3-7-11(8-4-1)13-12-9-5-2-6-10-12;/h1-10,13H;. The van der Waals surface area contributed by atoms with Gasteiger partial charge in [-0.15, -0.1) is 0 Å². The smallest absolute Gasteiger partial charge is 0 e. The molecule has 0 saturated heterocycles. The summed E-state index contributed by atoms with van der Waals surface area (Å²) in [5.74, 6) is 0. The van der Waals surface area contributed by atoms with Crippen molar-refractivity contribution in [1.29, 1.82) is 0 Å². The van der Waals surface area contributed by atoms with E-state index in [1.165, 1.54) is 10.6 Å². The molecule has 2 aromatic carbocycles. The molecule has 0 atom stereocenters. The minimum Gasteiger partial charge on any atom is -0.0622 e. The van der Waals surface area contributed by atoms with Crippen LogP contribution < -0.4 is 10.6 Å². The van der Waals surface area contributed by atoms with Crippen molar-refractivity contribution in [2.75, 3.05) is 0 Å². The monoisotopic (exact) mass is 438 g/mol. The van der Waals surface area contributed by atoms with Crippen LogP contribution in [0.1, 0.15) is 0 Å². The third-order valence-corrected chi connectivity index (χ3v) is 3.08. The molecule has 2 rings (SSSR count).